The van der Waals surface area contributed by atoms with Crippen LogP contribution < -0.4 is 10.1 Å². The molecular weight excluding hydrogens is 342 g/mol. The molecule has 3 nitrogen and oxygen atoms in total. The van der Waals surface area contributed by atoms with Crippen molar-refractivity contribution in [1.29, 1.82) is 0 Å². The molecule has 0 aliphatic heterocycles. The van der Waals surface area contributed by atoms with Crippen molar-refractivity contribution in [3.05, 3.63) is 40.4 Å². The van der Waals surface area contributed by atoms with Crippen LogP contribution in [0.5, 0.6) is 5.75 Å². The maximum absolute atomic E-state index is 6.01. The van der Waals surface area contributed by atoms with E-state index in [9.17, 15) is 0 Å². The van der Waals surface area contributed by atoms with Gasteiger partial charge in [0.2, 0.25) is 0 Å². The van der Waals surface area contributed by atoms with E-state index in [0.717, 1.165) is 30.7 Å². The average Bonchev–Trinajstić information content (AvgIpc) is 3.37. The van der Waals surface area contributed by atoms with Crippen molar-refractivity contribution >= 4 is 26.7 Å². The minimum Gasteiger partial charge on any atom is -0.493 e. The van der Waals surface area contributed by atoms with Crippen molar-refractivity contribution in [2.75, 3.05) is 20.3 Å². The Balaban J connectivity index is 1.84. The predicted molar refractivity (Wildman–Crippen MR) is 93.5 cm³/mol. The number of benzene rings is 2. The SMILES string of the molecule is COCCCOc1cc(CNC2CC2)c(Br)c2ccccc12. The zero-order chi connectivity index (χ0) is 15.4. The Bertz CT molecular complexity index is 640. The molecule has 0 bridgehead atoms. The molecule has 118 valence electrons. The van der Waals surface area contributed by atoms with Gasteiger partial charge in [-0.05, 0) is 45.8 Å². The minimum atomic E-state index is 0.676. The lowest BCUT2D eigenvalue weighted by Gasteiger charge is -2.15. The fraction of sp³-hybridized carbons (Fsp3) is 0.444. The number of methoxy groups -OCH3 is 1. The van der Waals surface area contributed by atoms with Gasteiger partial charge in [0.25, 0.3) is 0 Å². The van der Waals surface area contributed by atoms with E-state index in [2.05, 4.69) is 51.6 Å². The number of hydrogen-bond donors (Lipinski definition) is 1. The second kappa shape index (κ2) is 7.44. The summed E-state index contributed by atoms with van der Waals surface area (Å²) in [7, 11) is 1.72. The predicted octanol–water partition coefficient (Wildman–Crippen LogP) is 4.27. The second-order valence-corrected chi connectivity index (χ2v) is 6.54. The van der Waals surface area contributed by atoms with Crippen LogP contribution in [0, 0.1) is 0 Å². The van der Waals surface area contributed by atoms with Gasteiger partial charge in [-0.3, -0.25) is 0 Å². The summed E-state index contributed by atoms with van der Waals surface area (Å²) >= 11 is 3.76. The summed E-state index contributed by atoms with van der Waals surface area (Å²) in [5, 5.41) is 5.94. The fourth-order valence-corrected chi connectivity index (χ4v) is 3.14. The molecule has 0 spiro atoms. The molecule has 0 saturated heterocycles. The summed E-state index contributed by atoms with van der Waals surface area (Å²) in [4.78, 5) is 0. The minimum absolute atomic E-state index is 0.676. The third-order valence-electron chi connectivity index (χ3n) is 3.93. The smallest absolute Gasteiger partial charge is 0.127 e. The van der Waals surface area contributed by atoms with Crippen molar-refractivity contribution in [1.82, 2.24) is 5.32 Å². The fourth-order valence-electron chi connectivity index (χ4n) is 2.54. The van der Waals surface area contributed by atoms with Crippen LogP contribution in [0.4, 0.5) is 0 Å². The lowest BCUT2D eigenvalue weighted by molar-refractivity contribution is 0.172. The zero-order valence-electron chi connectivity index (χ0n) is 12.9. The van der Waals surface area contributed by atoms with Crippen LogP contribution in [0.15, 0.2) is 34.8 Å². The second-order valence-electron chi connectivity index (χ2n) is 5.74. The maximum Gasteiger partial charge on any atom is 0.127 e. The number of hydrogen-bond acceptors (Lipinski definition) is 3. The number of rotatable bonds is 8. The van der Waals surface area contributed by atoms with E-state index in [0.29, 0.717) is 12.6 Å². The van der Waals surface area contributed by atoms with Gasteiger partial charge in [-0.2, -0.15) is 0 Å². The van der Waals surface area contributed by atoms with Crippen molar-refractivity contribution in [2.45, 2.75) is 31.8 Å². The van der Waals surface area contributed by atoms with Crippen molar-refractivity contribution in [2.24, 2.45) is 0 Å². The molecule has 2 aromatic carbocycles. The van der Waals surface area contributed by atoms with Crippen LogP contribution in [0.25, 0.3) is 10.8 Å². The first-order chi connectivity index (χ1) is 10.8. The van der Waals surface area contributed by atoms with E-state index < -0.39 is 0 Å². The highest BCUT2D eigenvalue weighted by Crippen LogP contribution is 2.35. The molecule has 0 amide bonds. The summed E-state index contributed by atoms with van der Waals surface area (Å²) in [6.45, 7) is 2.28. The molecular formula is C18H22BrNO2. The van der Waals surface area contributed by atoms with Gasteiger partial charge in [0, 0.05) is 42.6 Å². The van der Waals surface area contributed by atoms with E-state index in [1.54, 1.807) is 7.11 Å². The van der Waals surface area contributed by atoms with Gasteiger partial charge in [0.1, 0.15) is 5.75 Å². The number of ether oxygens (including phenoxy) is 2. The van der Waals surface area contributed by atoms with Crippen molar-refractivity contribution < 1.29 is 9.47 Å². The lowest BCUT2D eigenvalue weighted by atomic mass is 10.1. The Morgan fingerprint density at radius 2 is 1.95 bits per heavy atom. The Kier molecular flexibility index (Phi) is 5.34. The molecule has 2 aromatic rings. The number of fused-ring (bicyclic) bond motifs is 1. The van der Waals surface area contributed by atoms with E-state index in [1.807, 2.05) is 0 Å². The summed E-state index contributed by atoms with van der Waals surface area (Å²) in [5.41, 5.74) is 1.26. The first-order valence-electron chi connectivity index (χ1n) is 7.85. The highest BCUT2D eigenvalue weighted by Gasteiger charge is 2.21. The van der Waals surface area contributed by atoms with Gasteiger partial charge in [0.05, 0.1) is 6.61 Å². The molecule has 1 N–H and O–H groups in total. The Labute approximate surface area is 140 Å². The molecule has 22 heavy (non-hydrogen) atoms. The zero-order valence-corrected chi connectivity index (χ0v) is 14.5. The third-order valence-corrected chi connectivity index (χ3v) is 4.86. The highest BCUT2D eigenvalue weighted by molar-refractivity contribution is 9.10. The molecule has 3 rings (SSSR count). The Morgan fingerprint density at radius 3 is 2.68 bits per heavy atom. The van der Waals surface area contributed by atoms with E-state index in [4.69, 9.17) is 9.47 Å². The van der Waals surface area contributed by atoms with Crippen LogP contribution in [0.3, 0.4) is 0 Å². The Hall–Kier alpha value is -1.10. The maximum atomic E-state index is 6.01. The van der Waals surface area contributed by atoms with Gasteiger partial charge in [-0.25, -0.2) is 0 Å². The highest BCUT2D eigenvalue weighted by atomic mass is 79.9. The molecule has 1 aliphatic rings. The molecule has 4 heteroatoms. The molecule has 0 radical (unpaired) electrons. The van der Waals surface area contributed by atoms with Gasteiger partial charge in [-0.15, -0.1) is 0 Å². The van der Waals surface area contributed by atoms with E-state index in [-0.39, 0.29) is 0 Å². The summed E-state index contributed by atoms with van der Waals surface area (Å²) in [6, 6.07) is 11.2. The standard InChI is InChI=1S/C18H22BrNO2/c1-21-9-4-10-22-17-11-13(12-20-14-7-8-14)18(19)16-6-3-2-5-15(16)17/h2-3,5-6,11,14,20H,4,7-10,12H2,1H3. The van der Waals surface area contributed by atoms with Crippen LogP contribution in [-0.2, 0) is 11.3 Å². The molecule has 1 fully saturated rings. The Morgan fingerprint density at radius 1 is 1.18 bits per heavy atom. The van der Waals surface area contributed by atoms with Crippen molar-refractivity contribution in [3.8, 4) is 5.75 Å². The van der Waals surface area contributed by atoms with Gasteiger partial charge < -0.3 is 14.8 Å². The molecule has 0 heterocycles. The molecule has 0 unspecified atom stereocenters. The van der Waals surface area contributed by atoms with Crippen LogP contribution in [0.2, 0.25) is 0 Å². The molecule has 0 atom stereocenters. The van der Waals surface area contributed by atoms with Crippen LogP contribution >= 0.6 is 15.9 Å². The summed E-state index contributed by atoms with van der Waals surface area (Å²) < 4.78 is 12.3. The van der Waals surface area contributed by atoms with Crippen molar-refractivity contribution in [3.63, 3.8) is 0 Å². The van der Waals surface area contributed by atoms with E-state index in [1.165, 1.54) is 28.3 Å². The first-order valence-corrected chi connectivity index (χ1v) is 8.64. The topological polar surface area (TPSA) is 30.5 Å². The molecule has 1 aliphatic carbocycles. The normalized spacial score (nSPS) is 14.5. The third kappa shape index (κ3) is 3.80. The van der Waals surface area contributed by atoms with Gasteiger partial charge in [0.15, 0.2) is 0 Å². The summed E-state index contributed by atoms with van der Waals surface area (Å²) in [6.07, 6.45) is 3.49. The first kappa shape index (κ1) is 15.8. The molecule has 0 aromatic heterocycles. The monoisotopic (exact) mass is 363 g/mol. The van der Waals surface area contributed by atoms with Crippen LogP contribution in [0.1, 0.15) is 24.8 Å². The van der Waals surface area contributed by atoms with Gasteiger partial charge >= 0.3 is 0 Å². The number of halogens is 1. The molecule has 1 saturated carbocycles. The number of nitrogens with one attached hydrogen (secondary N) is 1. The lowest BCUT2D eigenvalue weighted by Crippen LogP contribution is -2.16. The largest absolute Gasteiger partial charge is 0.493 e. The van der Waals surface area contributed by atoms with E-state index >= 15 is 0 Å². The van der Waals surface area contributed by atoms with Crippen LogP contribution in [-0.4, -0.2) is 26.4 Å². The summed E-state index contributed by atoms with van der Waals surface area (Å²) in [5.74, 6) is 0.961. The average molecular weight is 364 g/mol. The quantitative estimate of drug-likeness (QED) is 0.710. The van der Waals surface area contributed by atoms with Gasteiger partial charge in [-0.1, -0.05) is 24.3 Å².